The molecular formula is C14H12FNO3. The maximum absolute atomic E-state index is 12.9. The number of hydrogen-bond acceptors (Lipinski definition) is 3. The number of amides is 1. The van der Waals surface area contributed by atoms with Crippen molar-refractivity contribution >= 4 is 11.6 Å². The average Bonchev–Trinajstić information content (AvgIpc) is 2.36. The number of phenols is 2. The maximum atomic E-state index is 12.9. The summed E-state index contributed by atoms with van der Waals surface area (Å²) >= 11 is 0. The van der Waals surface area contributed by atoms with Crippen LogP contribution in [0.2, 0.25) is 0 Å². The Morgan fingerprint density at radius 2 is 1.95 bits per heavy atom. The molecular weight excluding hydrogens is 249 g/mol. The first-order chi connectivity index (χ1) is 8.99. The fourth-order valence-corrected chi connectivity index (χ4v) is 1.67. The molecule has 0 spiro atoms. The van der Waals surface area contributed by atoms with Crippen molar-refractivity contribution in [2.24, 2.45) is 0 Å². The van der Waals surface area contributed by atoms with Crippen molar-refractivity contribution in [1.29, 1.82) is 0 Å². The highest BCUT2D eigenvalue weighted by molar-refractivity contribution is 6.06. The molecule has 1 amide bonds. The average molecular weight is 261 g/mol. The molecule has 0 aliphatic heterocycles. The third kappa shape index (κ3) is 2.65. The monoisotopic (exact) mass is 261 g/mol. The molecule has 0 heterocycles. The third-order valence-electron chi connectivity index (χ3n) is 2.70. The van der Waals surface area contributed by atoms with Crippen LogP contribution in [0.4, 0.5) is 10.1 Å². The number of para-hydroxylation sites is 1. The summed E-state index contributed by atoms with van der Waals surface area (Å²) < 4.78 is 12.9. The fraction of sp³-hybridized carbons (Fsp3) is 0.0714. The highest BCUT2D eigenvalue weighted by Gasteiger charge is 2.14. The van der Waals surface area contributed by atoms with Gasteiger partial charge in [-0.2, -0.15) is 0 Å². The largest absolute Gasteiger partial charge is 0.504 e. The Balaban J connectivity index is 2.28. The van der Waals surface area contributed by atoms with Crippen LogP contribution < -0.4 is 5.32 Å². The summed E-state index contributed by atoms with van der Waals surface area (Å²) in [5, 5.41) is 21.5. The first-order valence-corrected chi connectivity index (χ1v) is 5.57. The van der Waals surface area contributed by atoms with Crippen LogP contribution in [0.3, 0.4) is 0 Å². The molecule has 0 saturated carbocycles. The lowest BCUT2D eigenvalue weighted by Crippen LogP contribution is -2.13. The molecule has 0 atom stereocenters. The molecule has 98 valence electrons. The van der Waals surface area contributed by atoms with Crippen molar-refractivity contribution in [3.63, 3.8) is 0 Å². The molecule has 0 fully saturated rings. The zero-order valence-electron chi connectivity index (χ0n) is 10.1. The van der Waals surface area contributed by atoms with E-state index in [2.05, 4.69) is 5.32 Å². The maximum Gasteiger partial charge on any atom is 0.259 e. The van der Waals surface area contributed by atoms with Crippen LogP contribution in [-0.2, 0) is 0 Å². The molecule has 0 saturated heterocycles. The summed E-state index contributed by atoms with van der Waals surface area (Å²) in [7, 11) is 0. The van der Waals surface area contributed by atoms with Crippen LogP contribution in [-0.4, -0.2) is 16.1 Å². The Labute approximate surface area is 109 Å². The van der Waals surface area contributed by atoms with Crippen LogP contribution >= 0.6 is 0 Å². The lowest BCUT2D eigenvalue weighted by atomic mass is 10.1. The van der Waals surface area contributed by atoms with Gasteiger partial charge in [-0.1, -0.05) is 6.07 Å². The minimum absolute atomic E-state index is 0.0521. The van der Waals surface area contributed by atoms with Gasteiger partial charge in [0, 0.05) is 5.69 Å². The molecule has 5 heteroatoms. The molecule has 0 unspecified atom stereocenters. The van der Waals surface area contributed by atoms with Gasteiger partial charge >= 0.3 is 0 Å². The highest BCUT2D eigenvalue weighted by atomic mass is 19.1. The van der Waals surface area contributed by atoms with Crippen LogP contribution in [0, 0.1) is 12.7 Å². The topological polar surface area (TPSA) is 69.6 Å². The van der Waals surface area contributed by atoms with Gasteiger partial charge in [-0.3, -0.25) is 4.79 Å². The minimum atomic E-state index is -0.580. The van der Waals surface area contributed by atoms with E-state index in [1.54, 1.807) is 6.92 Å². The summed E-state index contributed by atoms with van der Waals surface area (Å²) in [5.41, 5.74) is 0.950. The summed E-state index contributed by atoms with van der Waals surface area (Å²) in [5.74, 6) is -1.83. The number of nitrogens with one attached hydrogen (secondary N) is 1. The Morgan fingerprint density at radius 1 is 1.21 bits per heavy atom. The van der Waals surface area contributed by atoms with Crippen molar-refractivity contribution in [3.8, 4) is 11.5 Å². The van der Waals surface area contributed by atoms with Crippen LogP contribution in [0.5, 0.6) is 11.5 Å². The van der Waals surface area contributed by atoms with E-state index < -0.39 is 17.5 Å². The fourth-order valence-electron chi connectivity index (χ4n) is 1.67. The van der Waals surface area contributed by atoms with Crippen molar-refractivity contribution in [1.82, 2.24) is 0 Å². The molecule has 2 aromatic rings. The molecule has 3 N–H and O–H groups in total. The number of aromatic hydroxyl groups is 2. The predicted octanol–water partition coefficient (Wildman–Crippen LogP) is 2.80. The number of anilines is 1. The SMILES string of the molecule is Cc1cc(F)ccc1NC(=O)c1cccc(O)c1O. The number of carbonyl (C=O) groups excluding carboxylic acids is 1. The number of benzene rings is 2. The van der Waals surface area contributed by atoms with E-state index in [9.17, 15) is 19.4 Å². The van der Waals surface area contributed by atoms with Gasteiger partial charge in [-0.25, -0.2) is 4.39 Å². The van der Waals surface area contributed by atoms with Gasteiger partial charge in [0.1, 0.15) is 5.82 Å². The van der Waals surface area contributed by atoms with E-state index in [0.29, 0.717) is 11.3 Å². The molecule has 4 nitrogen and oxygen atoms in total. The van der Waals surface area contributed by atoms with Gasteiger partial charge < -0.3 is 15.5 Å². The second-order valence-electron chi connectivity index (χ2n) is 4.09. The summed E-state index contributed by atoms with van der Waals surface area (Å²) in [6, 6.07) is 8.05. The van der Waals surface area contributed by atoms with E-state index >= 15 is 0 Å². The van der Waals surface area contributed by atoms with E-state index in [0.717, 1.165) is 0 Å². The Morgan fingerprint density at radius 3 is 2.63 bits per heavy atom. The quantitative estimate of drug-likeness (QED) is 0.728. The summed E-state index contributed by atoms with van der Waals surface area (Å²) in [6.45, 7) is 1.65. The zero-order valence-corrected chi connectivity index (χ0v) is 10.1. The van der Waals surface area contributed by atoms with Gasteiger partial charge in [0.25, 0.3) is 5.91 Å². The zero-order chi connectivity index (χ0) is 14.0. The van der Waals surface area contributed by atoms with Crippen LogP contribution in [0.25, 0.3) is 0 Å². The molecule has 0 aliphatic rings. The number of carbonyl (C=O) groups is 1. The predicted molar refractivity (Wildman–Crippen MR) is 68.9 cm³/mol. The second kappa shape index (κ2) is 4.97. The second-order valence-corrected chi connectivity index (χ2v) is 4.09. The number of rotatable bonds is 2. The molecule has 2 aromatic carbocycles. The minimum Gasteiger partial charge on any atom is -0.504 e. The van der Waals surface area contributed by atoms with Gasteiger partial charge in [0.15, 0.2) is 11.5 Å². The normalized spacial score (nSPS) is 10.2. The third-order valence-corrected chi connectivity index (χ3v) is 2.70. The van der Waals surface area contributed by atoms with Crippen molar-refractivity contribution in [3.05, 3.63) is 53.3 Å². The molecule has 2 rings (SSSR count). The number of halogens is 1. The Hall–Kier alpha value is -2.56. The molecule has 19 heavy (non-hydrogen) atoms. The number of aryl methyl sites for hydroxylation is 1. The lowest BCUT2D eigenvalue weighted by Gasteiger charge is -2.10. The lowest BCUT2D eigenvalue weighted by molar-refractivity contribution is 0.102. The van der Waals surface area contributed by atoms with Gasteiger partial charge in [-0.05, 0) is 42.8 Å². The van der Waals surface area contributed by atoms with Crippen LogP contribution in [0.1, 0.15) is 15.9 Å². The first kappa shape index (κ1) is 12.9. The van der Waals surface area contributed by atoms with E-state index in [1.807, 2.05) is 0 Å². The van der Waals surface area contributed by atoms with Crippen molar-refractivity contribution in [2.75, 3.05) is 5.32 Å². The Bertz CT molecular complexity index is 641. The smallest absolute Gasteiger partial charge is 0.259 e. The summed E-state index contributed by atoms with van der Waals surface area (Å²) in [6.07, 6.45) is 0. The Kier molecular flexibility index (Phi) is 3.37. The van der Waals surface area contributed by atoms with E-state index in [1.165, 1.54) is 36.4 Å². The molecule has 0 aromatic heterocycles. The van der Waals surface area contributed by atoms with Crippen LogP contribution in [0.15, 0.2) is 36.4 Å². The summed E-state index contributed by atoms with van der Waals surface area (Å²) in [4.78, 5) is 11.9. The molecule has 0 bridgehead atoms. The van der Waals surface area contributed by atoms with Gasteiger partial charge in [0.05, 0.1) is 5.56 Å². The van der Waals surface area contributed by atoms with Gasteiger partial charge in [-0.15, -0.1) is 0 Å². The van der Waals surface area contributed by atoms with Gasteiger partial charge in [0.2, 0.25) is 0 Å². The van der Waals surface area contributed by atoms with E-state index in [-0.39, 0.29) is 11.3 Å². The highest BCUT2D eigenvalue weighted by Crippen LogP contribution is 2.29. The molecule has 0 radical (unpaired) electrons. The van der Waals surface area contributed by atoms with Crippen molar-refractivity contribution < 1.29 is 19.4 Å². The van der Waals surface area contributed by atoms with E-state index in [4.69, 9.17) is 0 Å². The first-order valence-electron chi connectivity index (χ1n) is 5.57. The molecule has 0 aliphatic carbocycles. The standard InChI is InChI=1S/C14H12FNO3/c1-8-7-9(15)5-6-11(8)16-14(19)10-3-2-4-12(17)13(10)18/h2-7,17-18H,1H3,(H,16,19). The number of phenolic OH excluding ortho intramolecular Hbond substituents is 2. The van der Waals surface area contributed by atoms with Crippen molar-refractivity contribution in [2.45, 2.75) is 6.92 Å². The number of hydrogen-bond donors (Lipinski definition) is 3.